The van der Waals surface area contributed by atoms with Gasteiger partial charge < -0.3 is 32.5 Å². The minimum Gasteiger partial charge on any atom is -1.00 e. The van der Waals surface area contributed by atoms with Crippen molar-refractivity contribution in [3.05, 3.63) is 22.4 Å². The third-order valence-corrected chi connectivity index (χ3v) is 15.2. The number of nitrogens with zero attached hydrogens (tertiary/aromatic N) is 1. The Bertz CT molecular complexity index is 341. The van der Waals surface area contributed by atoms with Crippen LogP contribution in [0.2, 0.25) is 38.3 Å². The monoisotopic (exact) mass is 371 g/mol. The molecule has 18 heavy (non-hydrogen) atoms. The third-order valence-electron chi connectivity index (χ3n) is 3.92. The van der Waals surface area contributed by atoms with Crippen LogP contribution in [0, 0.1) is 5.38 Å². The molecule has 0 unspecified atom stereocenters. The number of hydrogen-bond acceptors (Lipinski definition) is 2. The summed E-state index contributed by atoms with van der Waals surface area (Å²) in [6.45, 7) is 11.5. The Morgan fingerprint density at radius 1 is 1.22 bits per heavy atom. The summed E-state index contributed by atoms with van der Waals surface area (Å²) in [6, 6.07) is 7.31. The molecule has 0 spiro atoms. The van der Waals surface area contributed by atoms with Crippen molar-refractivity contribution in [3.8, 4) is 0 Å². The topological polar surface area (TPSA) is 3.24 Å². The molecule has 1 fully saturated rings. The summed E-state index contributed by atoms with van der Waals surface area (Å²) in [7, 11) is -2.10. The summed E-state index contributed by atoms with van der Waals surface area (Å²) in [4.78, 5) is 1.50. The van der Waals surface area contributed by atoms with Crippen LogP contribution in [0.5, 0.6) is 0 Å². The summed E-state index contributed by atoms with van der Waals surface area (Å²) >= 11 is 1.79. The van der Waals surface area contributed by atoms with Crippen LogP contribution in [0.3, 0.4) is 0 Å². The molecular weight excluding hydrogens is 351 g/mol. The van der Waals surface area contributed by atoms with Crippen LogP contribution in [0.15, 0.2) is 12.1 Å². The van der Waals surface area contributed by atoms with Crippen LogP contribution >= 0.6 is 11.3 Å². The Morgan fingerprint density at radius 2 is 1.78 bits per heavy atom. The fourth-order valence-corrected chi connectivity index (χ4v) is 17.6. The molecule has 98 valence electrons. The zero-order valence-corrected chi connectivity index (χ0v) is 17.7. The summed E-state index contributed by atoms with van der Waals surface area (Å²) in [5, 5.41) is 3.19. The van der Waals surface area contributed by atoms with Gasteiger partial charge in [0.05, 0.1) is 0 Å². The van der Waals surface area contributed by atoms with Crippen LogP contribution in [0.1, 0.15) is 4.88 Å². The van der Waals surface area contributed by atoms with Gasteiger partial charge in [-0.1, -0.05) is 32.6 Å². The molecule has 1 aliphatic rings. The van der Waals surface area contributed by atoms with Crippen LogP contribution in [-0.4, -0.2) is 50.3 Å². The molecule has 1 saturated heterocycles. The maximum absolute atomic E-state index is 3.19. The van der Waals surface area contributed by atoms with Gasteiger partial charge in [0, 0.05) is 0 Å². The molecule has 0 saturated carbocycles. The van der Waals surface area contributed by atoms with E-state index in [2.05, 4.69) is 47.9 Å². The third kappa shape index (κ3) is 4.43. The van der Waals surface area contributed by atoms with Gasteiger partial charge in [-0.2, -0.15) is 6.07 Å². The van der Waals surface area contributed by atoms with Crippen molar-refractivity contribution in [2.24, 2.45) is 0 Å². The van der Waals surface area contributed by atoms with Gasteiger partial charge in [0.2, 0.25) is 0 Å². The molecule has 0 aliphatic carbocycles. The Labute approximate surface area is 144 Å². The van der Waals surface area contributed by atoms with Crippen LogP contribution in [0.4, 0.5) is 0 Å². The first kappa shape index (κ1) is 19.3. The van der Waals surface area contributed by atoms with E-state index in [0.29, 0.717) is 0 Å². The molecule has 1 aliphatic heterocycles. The van der Waals surface area contributed by atoms with Gasteiger partial charge in [0.1, 0.15) is 16.5 Å². The largest absolute Gasteiger partial charge is 2.00 e. The fraction of sp³-hybridized carbons (Fsp3) is 0.667. The maximum Gasteiger partial charge on any atom is 2.00 e. The molecule has 2 heterocycles. The van der Waals surface area contributed by atoms with Gasteiger partial charge in [0.15, 0.2) is 0 Å². The van der Waals surface area contributed by atoms with E-state index in [1.807, 2.05) is 0 Å². The second-order valence-electron chi connectivity index (χ2n) is 6.05. The van der Waals surface area contributed by atoms with Crippen molar-refractivity contribution in [2.75, 3.05) is 6.54 Å². The Balaban J connectivity index is 0.00000144. The van der Waals surface area contributed by atoms with E-state index in [0.717, 1.165) is 0 Å². The van der Waals surface area contributed by atoms with E-state index in [1.54, 1.807) is 11.3 Å². The zero-order valence-electron chi connectivity index (χ0n) is 11.9. The predicted molar refractivity (Wildman–Crippen MR) is 83.9 cm³/mol. The number of halogens is 1. The van der Waals surface area contributed by atoms with Crippen molar-refractivity contribution in [3.63, 3.8) is 0 Å². The molecule has 0 aromatic carbocycles. The molecule has 0 N–H and O–H groups in total. The average molecular weight is 373 g/mol. The average Bonchev–Trinajstić information content (AvgIpc) is 2.73. The predicted octanol–water partition coefficient (Wildman–Crippen LogP) is 0.440. The van der Waals surface area contributed by atoms with Gasteiger partial charge in [0.25, 0.3) is 0 Å². The molecule has 1 aromatic rings. The first-order valence-electron chi connectivity index (χ1n) is 6.14. The normalized spacial score (nSPS) is 21.1. The van der Waals surface area contributed by atoms with Crippen molar-refractivity contribution >= 4 is 50.9 Å². The molecule has 6 heteroatoms. The smallest absolute Gasteiger partial charge is 1.00 e. The van der Waals surface area contributed by atoms with Crippen molar-refractivity contribution in [2.45, 2.75) is 44.7 Å². The molecule has 0 amide bonds. The van der Waals surface area contributed by atoms with E-state index in [-0.39, 0.29) is 40.0 Å². The van der Waals surface area contributed by atoms with Gasteiger partial charge in [-0.15, -0.1) is 10.3 Å². The van der Waals surface area contributed by atoms with Crippen molar-refractivity contribution in [1.82, 2.24) is 4.23 Å². The maximum atomic E-state index is 3.19. The van der Waals surface area contributed by atoms with Crippen LogP contribution in [-0.2, 0) is 6.42 Å². The molecule has 0 radical (unpaired) electrons. The second-order valence-corrected chi connectivity index (χ2v) is 16.8. The molecule has 0 bridgehead atoms. The zero-order chi connectivity index (χ0) is 11.8. The SMILES string of the molecule is C[Si]1(C)CC[Si](C)(C)N1CCc1cc[c-]s1.[Br-].[Mg+2]. The van der Waals surface area contributed by atoms with E-state index in [1.165, 1.54) is 29.9 Å². The molecule has 0 atom stereocenters. The summed E-state index contributed by atoms with van der Waals surface area (Å²) in [6.07, 6.45) is 1.24. The Kier molecular flexibility index (Phi) is 7.93. The van der Waals surface area contributed by atoms with Crippen molar-refractivity contribution in [1.29, 1.82) is 0 Å². The number of thiophene rings is 1. The quantitative estimate of drug-likeness (QED) is 0.550. The summed E-state index contributed by atoms with van der Waals surface area (Å²) < 4.78 is 2.96. The second kappa shape index (κ2) is 7.38. The van der Waals surface area contributed by atoms with Crippen LogP contribution in [0.25, 0.3) is 0 Å². The van der Waals surface area contributed by atoms with E-state index >= 15 is 0 Å². The standard InChI is InChI=1S/C12H22NSSi2.BrH.Mg/c1-15(2)10-11-16(3,4)13(15)8-7-12-6-5-9-14-12;;/h5-6H,7-8,10-11H2,1-4H3;1H;/q-1;;+2/p-1. The molecule has 1 nitrogen and oxygen atoms in total. The number of rotatable bonds is 3. The minimum atomic E-state index is -1.05. The van der Waals surface area contributed by atoms with Crippen LogP contribution < -0.4 is 17.0 Å². The summed E-state index contributed by atoms with van der Waals surface area (Å²) in [5.74, 6) is 0. The fourth-order valence-electron chi connectivity index (χ4n) is 2.93. The number of hydrogen-bond donors (Lipinski definition) is 0. The van der Waals surface area contributed by atoms with Gasteiger partial charge in [-0.3, -0.25) is 0 Å². The molecular formula is C12H22BrMgNSSi2. The first-order chi connectivity index (χ1) is 7.42. The van der Waals surface area contributed by atoms with E-state index < -0.39 is 16.5 Å². The van der Waals surface area contributed by atoms with Gasteiger partial charge in [-0.05, 0) is 18.6 Å². The molecule has 1 aromatic heterocycles. The van der Waals surface area contributed by atoms with Gasteiger partial charge in [-0.25, -0.2) is 6.07 Å². The van der Waals surface area contributed by atoms with Gasteiger partial charge >= 0.3 is 23.1 Å². The van der Waals surface area contributed by atoms with Crippen molar-refractivity contribution < 1.29 is 17.0 Å². The molecule has 2 rings (SSSR count). The first-order valence-corrected chi connectivity index (χ1v) is 13.3. The van der Waals surface area contributed by atoms with E-state index in [4.69, 9.17) is 0 Å². The van der Waals surface area contributed by atoms with E-state index in [9.17, 15) is 0 Å². The minimum absolute atomic E-state index is 0. The summed E-state index contributed by atoms with van der Waals surface area (Å²) in [5.41, 5.74) is 0. The Hall–Kier alpha value is 1.34. The Morgan fingerprint density at radius 3 is 2.22 bits per heavy atom.